The Morgan fingerprint density at radius 3 is 2.67 bits per heavy atom. The van der Waals surface area contributed by atoms with Gasteiger partial charge >= 0.3 is 0 Å². The van der Waals surface area contributed by atoms with E-state index < -0.39 is 0 Å². The minimum absolute atomic E-state index is 0.0321. The lowest BCUT2D eigenvalue weighted by molar-refractivity contribution is -0.132. The van der Waals surface area contributed by atoms with E-state index in [9.17, 15) is 9.59 Å². The minimum Gasteiger partial charge on any atom is -0.355 e. The summed E-state index contributed by atoms with van der Waals surface area (Å²) < 4.78 is 0. The summed E-state index contributed by atoms with van der Waals surface area (Å²) in [5.41, 5.74) is 0.978. The fourth-order valence-corrected chi connectivity index (χ4v) is 3.07. The van der Waals surface area contributed by atoms with Crippen LogP contribution in [0.2, 0.25) is 5.02 Å². The highest BCUT2D eigenvalue weighted by Crippen LogP contribution is 2.17. The average Bonchev–Trinajstić information content (AvgIpc) is 2.55. The Morgan fingerprint density at radius 2 is 2.00 bits per heavy atom. The van der Waals surface area contributed by atoms with E-state index in [0.29, 0.717) is 37.0 Å². The van der Waals surface area contributed by atoms with E-state index in [1.807, 2.05) is 48.2 Å². The van der Waals surface area contributed by atoms with Gasteiger partial charge in [-0.2, -0.15) is 0 Å². The molecular formula is C18H26ClN3O2. The summed E-state index contributed by atoms with van der Waals surface area (Å²) >= 11 is 5.87. The smallest absolute Gasteiger partial charge is 0.234 e. The first-order valence-corrected chi connectivity index (χ1v) is 8.75. The van der Waals surface area contributed by atoms with E-state index in [0.717, 1.165) is 24.9 Å². The molecule has 1 aliphatic rings. The number of piperidine rings is 1. The van der Waals surface area contributed by atoms with Gasteiger partial charge in [-0.25, -0.2) is 0 Å². The Balaban J connectivity index is 1.80. The number of likely N-dealkylation sites (tertiary alicyclic amines) is 1. The number of halogens is 1. The molecule has 6 heteroatoms. The maximum Gasteiger partial charge on any atom is 0.234 e. The van der Waals surface area contributed by atoms with Gasteiger partial charge in [0.05, 0.1) is 13.0 Å². The van der Waals surface area contributed by atoms with Gasteiger partial charge in [0, 0.05) is 24.7 Å². The van der Waals surface area contributed by atoms with Crippen molar-refractivity contribution in [3.8, 4) is 0 Å². The van der Waals surface area contributed by atoms with Crippen molar-refractivity contribution in [2.45, 2.75) is 19.3 Å². The van der Waals surface area contributed by atoms with Gasteiger partial charge in [-0.1, -0.05) is 23.7 Å². The van der Waals surface area contributed by atoms with Gasteiger partial charge in [0.2, 0.25) is 11.8 Å². The van der Waals surface area contributed by atoms with Gasteiger partial charge in [0.25, 0.3) is 0 Å². The first-order valence-electron chi connectivity index (χ1n) is 8.37. The monoisotopic (exact) mass is 351 g/mol. The van der Waals surface area contributed by atoms with Crippen molar-refractivity contribution in [2.75, 3.05) is 40.3 Å². The lowest BCUT2D eigenvalue weighted by Gasteiger charge is -2.33. The Kier molecular flexibility index (Phi) is 7.06. The molecule has 0 aliphatic carbocycles. The number of likely N-dealkylation sites (N-methyl/N-ethyl adjacent to an activating group) is 1. The lowest BCUT2D eigenvalue weighted by atomic mass is 9.97. The zero-order valence-electron chi connectivity index (χ0n) is 14.4. The van der Waals surface area contributed by atoms with Crippen LogP contribution in [0.15, 0.2) is 24.3 Å². The average molecular weight is 352 g/mol. The standard InChI is InChI=1S/C18H26ClN3O2/c1-21(2)13-17(23)20-11-15-4-3-9-22(12-15)18(24)10-14-5-7-16(19)8-6-14/h5-8,15H,3-4,9-13H2,1-2H3,(H,20,23)/t15-/m1/s1. The van der Waals surface area contributed by atoms with Gasteiger partial charge in [-0.15, -0.1) is 0 Å². The third-order valence-corrected chi connectivity index (χ3v) is 4.44. The lowest BCUT2D eigenvalue weighted by Crippen LogP contribution is -2.45. The molecule has 1 aliphatic heterocycles. The largest absolute Gasteiger partial charge is 0.355 e. The maximum absolute atomic E-state index is 12.5. The van der Waals surface area contributed by atoms with Crippen LogP contribution >= 0.6 is 11.6 Å². The van der Waals surface area contributed by atoms with Crippen molar-refractivity contribution in [2.24, 2.45) is 5.92 Å². The van der Waals surface area contributed by atoms with Crippen molar-refractivity contribution in [3.63, 3.8) is 0 Å². The number of nitrogens with zero attached hydrogens (tertiary/aromatic N) is 2. The molecule has 1 aromatic rings. The number of nitrogens with one attached hydrogen (secondary N) is 1. The molecule has 2 rings (SSSR count). The SMILES string of the molecule is CN(C)CC(=O)NC[C@H]1CCCN(C(=O)Cc2ccc(Cl)cc2)C1. The Hall–Kier alpha value is -1.59. The molecule has 0 saturated carbocycles. The number of carbonyl (C=O) groups is 2. The van der Waals surface area contributed by atoms with Gasteiger partial charge in [-0.05, 0) is 50.6 Å². The summed E-state index contributed by atoms with van der Waals surface area (Å²) in [7, 11) is 3.74. The third kappa shape index (κ3) is 6.13. The molecule has 1 fully saturated rings. The van der Waals surface area contributed by atoms with Crippen LogP contribution in [-0.2, 0) is 16.0 Å². The molecular weight excluding hydrogens is 326 g/mol. The van der Waals surface area contributed by atoms with E-state index in [4.69, 9.17) is 11.6 Å². The fourth-order valence-electron chi connectivity index (χ4n) is 2.95. The highest BCUT2D eigenvalue weighted by molar-refractivity contribution is 6.30. The van der Waals surface area contributed by atoms with Crippen LogP contribution in [0, 0.1) is 5.92 Å². The summed E-state index contributed by atoms with van der Waals surface area (Å²) in [4.78, 5) is 28.0. The predicted molar refractivity (Wildman–Crippen MR) is 96.0 cm³/mol. The molecule has 0 radical (unpaired) electrons. The number of carbonyl (C=O) groups excluding carboxylic acids is 2. The third-order valence-electron chi connectivity index (χ3n) is 4.19. The summed E-state index contributed by atoms with van der Waals surface area (Å²) in [6, 6.07) is 7.40. The second-order valence-electron chi connectivity index (χ2n) is 6.69. The molecule has 1 atom stereocenters. The normalized spacial score (nSPS) is 17.8. The van der Waals surface area contributed by atoms with Crippen molar-refractivity contribution in [1.29, 1.82) is 0 Å². The molecule has 1 aromatic carbocycles. The summed E-state index contributed by atoms with van der Waals surface area (Å²) in [6.07, 6.45) is 2.43. The molecule has 1 saturated heterocycles. The van der Waals surface area contributed by atoms with E-state index in [-0.39, 0.29) is 11.8 Å². The molecule has 0 aromatic heterocycles. The summed E-state index contributed by atoms with van der Waals surface area (Å²) in [5, 5.41) is 3.64. The Morgan fingerprint density at radius 1 is 1.29 bits per heavy atom. The van der Waals surface area contributed by atoms with Crippen molar-refractivity contribution >= 4 is 23.4 Å². The number of rotatable bonds is 6. The van der Waals surface area contributed by atoms with Gasteiger partial charge < -0.3 is 15.1 Å². The highest BCUT2D eigenvalue weighted by atomic mass is 35.5. The van der Waals surface area contributed by atoms with E-state index >= 15 is 0 Å². The van der Waals surface area contributed by atoms with Crippen LogP contribution in [0.4, 0.5) is 0 Å². The number of hydrogen-bond acceptors (Lipinski definition) is 3. The van der Waals surface area contributed by atoms with Gasteiger partial charge in [-0.3, -0.25) is 9.59 Å². The Labute approximate surface area is 149 Å². The molecule has 1 N–H and O–H groups in total. The zero-order valence-corrected chi connectivity index (χ0v) is 15.2. The minimum atomic E-state index is 0.0321. The quantitative estimate of drug-likeness (QED) is 0.850. The van der Waals surface area contributed by atoms with Gasteiger partial charge in [0.15, 0.2) is 0 Å². The molecule has 1 heterocycles. The highest BCUT2D eigenvalue weighted by Gasteiger charge is 2.24. The van der Waals surface area contributed by atoms with Crippen LogP contribution in [0.1, 0.15) is 18.4 Å². The summed E-state index contributed by atoms with van der Waals surface area (Å²) in [5.74, 6) is 0.505. The molecule has 2 amide bonds. The van der Waals surface area contributed by atoms with E-state index in [1.54, 1.807) is 0 Å². The van der Waals surface area contributed by atoms with Crippen molar-refractivity contribution in [1.82, 2.24) is 15.1 Å². The van der Waals surface area contributed by atoms with Crippen molar-refractivity contribution in [3.05, 3.63) is 34.9 Å². The zero-order chi connectivity index (χ0) is 17.5. The van der Waals surface area contributed by atoms with Crippen LogP contribution in [0.3, 0.4) is 0 Å². The van der Waals surface area contributed by atoms with Crippen LogP contribution in [0.25, 0.3) is 0 Å². The van der Waals surface area contributed by atoms with Crippen LogP contribution in [0.5, 0.6) is 0 Å². The first kappa shape index (κ1) is 18.7. The fraction of sp³-hybridized carbons (Fsp3) is 0.556. The molecule has 132 valence electrons. The van der Waals surface area contributed by atoms with Crippen molar-refractivity contribution < 1.29 is 9.59 Å². The van der Waals surface area contributed by atoms with Gasteiger partial charge in [0.1, 0.15) is 0 Å². The first-order chi connectivity index (χ1) is 11.4. The molecule has 0 spiro atoms. The van der Waals surface area contributed by atoms with E-state index in [2.05, 4.69) is 5.32 Å². The predicted octanol–water partition coefficient (Wildman–Crippen LogP) is 1.80. The van der Waals surface area contributed by atoms with E-state index in [1.165, 1.54) is 0 Å². The molecule has 24 heavy (non-hydrogen) atoms. The number of benzene rings is 1. The molecule has 0 unspecified atom stereocenters. The number of amides is 2. The Bertz CT molecular complexity index is 560. The molecule has 0 bridgehead atoms. The second kappa shape index (κ2) is 9.04. The molecule has 5 nitrogen and oxygen atoms in total. The topological polar surface area (TPSA) is 52.7 Å². The van der Waals surface area contributed by atoms with Crippen LogP contribution in [-0.4, -0.2) is 61.9 Å². The maximum atomic E-state index is 12.5. The van der Waals surface area contributed by atoms with Crippen LogP contribution < -0.4 is 5.32 Å². The second-order valence-corrected chi connectivity index (χ2v) is 7.13. The number of hydrogen-bond donors (Lipinski definition) is 1. The summed E-state index contributed by atoms with van der Waals surface area (Å²) in [6.45, 7) is 2.55.